The molecule has 1 heterocycles. The summed E-state index contributed by atoms with van der Waals surface area (Å²) in [5.41, 5.74) is 0.333. The van der Waals surface area contributed by atoms with Gasteiger partial charge in [0.05, 0.1) is 13.5 Å². The Morgan fingerprint density at radius 3 is 2.67 bits per heavy atom. The first-order valence-corrected chi connectivity index (χ1v) is 7.14. The minimum Gasteiger partial charge on any atom is -0.480 e. The number of aliphatic carboxylic acids is 1. The first-order chi connectivity index (χ1) is 9.88. The number of hydrogen-bond donors (Lipinski definition) is 2. The molecule has 1 amide bonds. The van der Waals surface area contributed by atoms with Gasteiger partial charge in [-0.3, -0.25) is 9.59 Å². The smallest absolute Gasteiger partial charge is 0.326 e. The summed E-state index contributed by atoms with van der Waals surface area (Å²) in [6, 6.07) is 0.274. The quantitative estimate of drug-likeness (QED) is 0.716. The highest BCUT2D eigenvalue weighted by Gasteiger charge is 2.25. The number of ether oxygens (including phenoxy) is 1. The van der Waals surface area contributed by atoms with Gasteiger partial charge in [-0.05, 0) is 28.4 Å². The second-order valence-corrected chi connectivity index (χ2v) is 5.30. The zero-order valence-corrected chi connectivity index (χ0v) is 13.3. The number of amides is 1. The standard InChI is InChI=1S/C13H17BrN2O5/c1-3-4-16-7-8(14)5-10(16)12(18)15-9(13(19)20)6-11(17)21-2/h5,7,9H,3-4,6H2,1-2H3,(H,15,18)(H,19,20)/t9-/m0/s1. The number of nitrogens with zero attached hydrogens (tertiary/aromatic N) is 1. The van der Waals surface area contributed by atoms with Crippen LogP contribution in [0.15, 0.2) is 16.7 Å². The average molecular weight is 361 g/mol. The molecule has 0 unspecified atom stereocenters. The van der Waals surface area contributed by atoms with E-state index in [2.05, 4.69) is 26.0 Å². The van der Waals surface area contributed by atoms with E-state index in [4.69, 9.17) is 5.11 Å². The van der Waals surface area contributed by atoms with Gasteiger partial charge in [0.2, 0.25) is 0 Å². The van der Waals surface area contributed by atoms with Crippen molar-refractivity contribution in [2.75, 3.05) is 7.11 Å². The van der Waals surface area contributed by atoms with Crippen molar-refractivity contribution in [3.63, 3.8) is 0 Å². The molecule has 0 saturated carbocycles. The minimum atomic E-state index is -1.33. The maximum Gasteiger partial charge on any atom is 0.326 e. The maximum atomic E-state index is 12.2. The highest BCUT2D eigenvalue weighted by atomic mass is 79.9. The van der Waals surface area contributed by atoms with E-state index >= 15 is 0 Å². The van der Waals surface area contributed by atoms with Crippen molar-refractivity contribution in [1.29, 1.82) is 0 Å². The zero-order valence-electron chi connectivity index (χ0n) is 11.8. The molecule has 0 aliphatic rings. The molecule has 8 heteroatoms. The van der Waals surface area contributed by atoms with Crippen molar-refractivity contribution in [1.82, 2.24) is 9.88 Å². The number of carboxylic acids is 1. The van der Waals surface area contributed by atoms with E-state index in [1.165, 1.54) is 0 Å². The van der Waals surface area contributed by atoms with Crippen molar-refractivity contribution in [3.05, 3.63) is 22.4 Å². The lowest BCUT2D eigenvalue weighted by Gasteiger charge is -2.14. The summed E-state index contributed by atoms with van der Waals surface area (Å²) in [7, 11) is 1.16. The summed E-state index contributed by atoms with van der Waals surface area (Å²) in [4.78, 5) is 34.4. The fourth-order valence-corrected chi connectivity index (χ4v) is 2.24. The van der Waals surface area contributed by atoms with Crippen LogP contribution in [0.4, 0.5) is 0 Å². The van der Waals surface area contributed by atoms with Crippen molar-refractivity contribution >= 4 is 33.8 Å². The van der Waals surface area contributed by atoms with Gasteiger partial charge in [-0.1, -0.05) is 6.92 Å². The SMILES string of the molecule is CCCn1cc(Br)cc1C(=O)N[C@@H](CC(=O)OC)C(=O)O. The van der Waals surface area contributed by atoms with Gasteiger partial charge in [0.15, 0.2) is 0 Å². The molecule has 1 aromatic heterocycles. The number of carbonyl (C=O) groups is 3. The number of nitrogens with one attached hydrogen (secondary N) is 1. The van der Waals surface area contributed by atoms with Crippen molar-refractivity contribution in [2.45, 2.75) is 32.4 Å². The number of esters is 1. The third kappa shape index (κ3) is 4.89. The minimum absolute atomic E-state index is 0.333. The van der Waals surface area contributed by atoms with Crippen LogP contribution < -0.4 is 5.32 Å². The second-order valence-electron chi connectivity index (χ2n) is 4.38. The average Bonchev–Trinajstić information content (AvgIpc) is 2.79. The Morgan fingerprint density at radius 1 is 1.48 bits per heavy atom. The molecule has 1 aromatic rings. The van der Waals surface area contributed by atoms with Crippen LogP contribution >= 0.6 is 15.9 Å². The molecule has 0 radical (unpaired) electrons. The van der Waals surface area contributed by atoms with Crippen molar-refractivity contribution in [2.24, 2.45) is 0 Å². The summed E-state index contributed by atoms with van der Waals surface area (Å²) in [5, 5.41) is 11.4. The summed E-state index contributed by atoms with van der Waals surface area (Å²) < 4.78 is 6.86. The molecule has 0 spiro atoms. The van der Waals surface area contributed by atoms with Crippen LogP contribution in [0.25, 0.3) is 0 Å². The van der Waals surface area contributed by atoms with Crippen LogP contribution in [-0.2, 0) is 20.9 Å². The van der Waals surface area contributed by atoms with Gasteiger partial charge in [0.25, 0.3) is 5.91 Å². The number of hydrogen-bond acceptors (Lipinski definition) is 4. The van der Waals surface area contributed by atoms with Crippen LogP contribution in [0.3, 0.4) is 0 Å². The molecule has 0 saturated heterocycles. The second kappa shape index (κ2) is 7.82. The molecule has 1 rings (SSSR count). The van der Waals surface area contributed by atoms with Gasteiger partial charge in [0.1, 0.15) is 11.7 Å². The number of rotatable bonds is 7. The van der Waals surface area contributed by atoms with E-state index < -0.39 is 30.3 Å². The molecular formula is C13H17BrN2O5. The van der Waals surface area contributed by atoms with Crippen LogP contribution in [0, 0.1) is 0 Å². The molecule has 0 fully saturated rings. The fraction of sp³-hybridized carbons (Fsp3) is 0.462. The molecule has 0 aromatic carbocycles. The topological polar surface area (TPSA) is 97.6 Å². The first kappa shape index (κ1) is 17.2. The van der Waals surface area contributed by atoms with Crippen LogP contribution in [-0.4, -0.2) is 40.7 Å². The molecule has 1 atom stereocenters. The summed E-state index contributed by atoms with van der Waals surface area (Å²) in [6.07, 6.45) is 2.15. The van der Waals surface area contributed by atoms with Crippen LogP contribution in [0.5, 0.6) is 0 Å². The summed E-state index contributed by atoms with van der Waals surface area (Å²) in [6.45, 7) is 2.59. The van der Waals surface area contributed by atoms with E-state index in [0.717, 1.165) is 18.0 Å². The van der Waals surface area contributed by atoms with E-state index in [1.54, 1.807) is 16.8 Å². The van der Waals surface area contributed by atoms with E-state index in [9.17, 15) is 14.4 Å². The monoisotopic (exact) mass is 360 g/mol. The lowest BCUT2D eigenvalue weighted by molar-refractivity contribution is -0.147. The third-order valence-corrected chi connectivity index (χ3v) is 3.20. The predicted molar refractivity (Wildman–Crippen MR) is 77.9 cm³/mol. The number of methoxy groups -OCH3 is 1. The third-order valence-electron chi connectivity index (χ3n) is 2.76. The van der Waals surface area contributed by atoms with Gasteiger partial charge in [-0.15, -0.1) is 0 Å². The Balaban J connectivity index is 2.86. The first-order valence-electron chi connectivity index (χ1n) is 6.35. The molecule has 21 heavy (non-hydrogen) atoms. The Kier molecular flexibility index (Phi) is 6.41. The molecule has 116 valence electrons. The Morgan fingerprint density at radius 2 is 2.14 bits per heavy atom. The molecule has 0 bridgehead atoms. The lowest BCUT2D eigenvalue weighted by atomic mass is 10.2. The summed E-state index contributed by atoms with van der Waals surface area (Å²) >= 11 is 3.28. The van der Waals surface area contributed by atoms with Gasteiger partial charge < -0.3 is 19.7 Å². The number of carboxylic acid groups (broad SMARTS) is 1. The Bertz CT molecular complexity index is 541. The van der Waals surface area contributed by atoms with Crippen LogP contribution in [0.2, 0.25) is 0 Å². The molecule has 0 aliphatic heterocycles. The molecular weight excluding hydrogens is 344 g/mol. The fourth-order valence-electron chi connectivity index (χ4n) is 1.77. The predicted octanol–water partition coefficient (Wildman–Crippen LogP) is 1.41. The number of halogens is 1. The van der Waals surface area contributed by atoms with Gasteiger partial charge in [-0.2, -0.15) is 0 Å². The largest absolute Gasteiger partial charge is 0.480 e. The van der Waals surface area contributed by atoms with Crippen molar-refractivity contribution in [3.8, 4) is 0 Å². The van der Waals surface area contributed by atoms with Gasteiger partial charge >= 0.3 is 11.9 Å². The number of carbonyl (C=O) groups excluding carboxylic acids is 2. The van der Waals surface area contributed by atoms with E-state index in [-0.39, 0.29) is 0 Å². The maximum absolute atomic E-state index is 12.2. The summed E-state index contributed by atoms with van der Waals surface area (Å²) in [5.74, 6) is -2.54. The van der Waals surface area contributed by atoms with Crippen molar-refractivity contribution < 1.29 is 24.2 Å². The molecule has 7 nitrogen and oxygen atoms in total. The van der Waals surface area contributed by atoms with E-state index in [1.807, 2.05) is 6.92 Å². The Hall–Kier alpha value is -1.83. The van der Waals surface area contributed by atoms with Gasteiger partial charge in [-0.25, -0.2) is 4.79 Å². The van der Waals surface area contributed by atoms with Gasteiger partial charge in [0, 0.05) is 17.2 Å². The molecule has 0 aliphatic carbocycles. The number of aryl methyl sites for hydroxylation is 1. The zero-order chi connectivity index (χ0) is 16.0. The normalized spacial score (nSPS) is 11.8. The van der Waals surface area contributed by atoms with E-state index in [0.29, 0.717) is 12.2 Å². The Labute approximate surface area is 130 Å². The lowest BCUT2D eigenvalue weighted by Crippen LogP contribution is -2.43. The highest BCUT2D eigenvalue weighted by Crippen LogP contribution is 2.16. The highest BCUT2D eigenvalue weighted by molar-refractivity contribution is 9.10. The number of aromatic nitrogens is 1. The van der Waals surface area contributed by atoms with Crippen LogP contribution in [0.1, 0.15) is 30.3 Å². The molecule has 2 N–H and O–H groups in total.